The summed E-state index contributed by atoms with van der Waals surface area (Å²) in [5.41, 5.74) is 6.40. The highest BCUT2D eigenvalue weighted by molar-refractivity contribution is 5.78. The molecule has 0 radical (unpaired) electrons. The summed E-state index contributed by atoms with van der Waals surface area (Å²) < 4.78 is 5.67. The number of ether oxygens (including phenoxy) is 1. The zero-order chi connectivity index (χ0) is 12.5. The van der Waals surface area contributed by atoms with Gasteiger partial charge in [0.2, 0.25) is 11.8 Å². The summed E-state index contributed by atoms with van der Waals surface area (Å²) in [6.07, 6.45) is 5.18. The Balaban J connectivity index is 1.70. The zero-order valence-corrected chi connectivity index (χ0v) is 10.2. The maximum atomic E-state index is 11.2. The Labute approximate surface area is 106 Å². The molecule has 1 aliphatic carbocycles. The summed E-state index contributed by atoms with van der Waals surface area (Å²) in [5.74, 6) is 0.435. The average Bonchev–Trinajstić information content (AvgIpc) is 3.03. The van der Waals surface area contributed by atoms with Crippen molar-refractivity contribution in [3.63, 3.8) is 0 Å². The van der Waals surface area contributed by atoms with Crippen LogP contribution in [0.1, 0.15) is 19.3 Å². The molecular weight excluding hydrogens is 230 g/mol. The summed E-state index contributed by atoms with van der Waals surface area (Å²) in [6, 6.07) is 3.89. The van der Waals surface area contributed by atoms with Crippen LogP contribution in [0.2, 0.25) is 0 Å². The van der Waals surface area contributed by atoms with Crippen molar-refractivity contribution in [2.45, 2.75) is 25.4 Å². The Morgan fingerprint density at radius 2 is 2.28 bits per heavy atom. The lowest BCUT2D eigenvalue weighted by atomic mass is 10.1. The average molecular weight is 247 g/mol. The molecule has 1 saturated heterocycles. The van der Waals surface area contributed by atoms with E-state index in [0.29, 0.717) is 18.5 Å². The molecule has 1 amide bonds. The number of hydrogen-bond acceptors (Lipinski definition) is 4. The quantitative estimate of drug-likeness (QED) is 0.859. The van der Waals surface area contributed by atoms with E-state index >= 15 is 0 Å². The SMILES string of the molecule is NC(=O)[C@@H]1CCN(c2ccnc(OC3CC3)c2)C1. The first kappa shape index (κ1) is 11.3. The fourth-order valence-electron chi connectivity index (χ4n) is 2.24. The molecule has 2 aliphatic rings. The van der Waals surface area contributed by atoms with Crippen LogP contribution in [0.25, 0.3) is 0 Å². The van der Waals surface area contributed by atoms with Crippen molar-refractivity contribution in [3.8, 4) is 5.88 Å². The van der Waals surface area contributed by atoms with Gasteiger partial charge >= 0.3 is 0 Å². The minimum atomic E-state index is -0.207. The number of anilines is 1. The van der Waals surface area contributed by atoms with Crippen LogP contribution < -0.4 is 15.4 Å². The van der Waals surface area contributed by atoms with Gasteiger partial charge in [-0.1, -0.05) is 0 Å². The standard InChI is InChI=1S/C13H17N3O2/c14-13(17)9-4-6-16(8-9)10-3-5-15-12(7-10)18-11-1-2-11/h3,5,7,9,11H,1-2,4,6,8H2,(H2,14,17)/t9-/m1/s1. The van der Waals surface area contributed by atoms with Gasteiger partial charge < -0.3 is 15.4 Å². The Hall–Kier alpha value is -1.78. The molecule has 5 heteroatoms. The lowest BCUT2D eigenvalue weighted by Crippen LogP contribution is -2.27. The van der Waals surface area contributed by atoms with Crippen LogP contribution in [0, 0.1) is 5.92 Å². The molecule has 1 aliphatic heterocycles. The molecule has 0 bridgehead atoms. The maximum Gasteiger partial charge on any atom is 0.222 e. The third-order valence-electron chi connectivity index (χ3n) is 3.49. The van der Waals surface area contributed by atoms with E-state index in [2.05, 4.69) is 9.88 Å². The number of carbonyl (C=O) groups excluding carboxylic acids is 1. The third kappa shape index (κ3) is 2.39. The molecule has 1 saturated carbocycles. The number of hydrogen-bond donors (Lipinski definition) is 1. The molecule has 0 aromatic carbocycles. The second kappa shape index (κ2) is 4.48. The van der Waals surface area contributed by atoms with E-state index in [1.165, 1.54) is 0 Å². The van der Waals surface area contributed by atoms with Crippen molar-refractivity contribution in [1.29, 1.82) is 0 Å². The monoisotopic (exact) mass is 247 g/mol. The van der Waals surface area contributed by atoms with Crippen molar-refractivity contribution in [1.82, 2.24) is 4.98 Å². The minimum Gasteiger partial charge on any atom is -0.474 e. The molecule has 1 atom stereocenters. The molecule has 0 spiro atoms. The van der Waals surface area contributed by atoms with Gasteiger partial charge in [-0.3, -0.25) is 4.79 Å². The highest BCUT2D eigenvalue weighted by Gasteiger charge is 2.28. The van der Waals surface area contributed by atoms with E-state index < -0.39 is 0 Å². The predicted octanol–water partition coefficient (Wildman–Crippen LogP) is 0.934. The molecule has 0 unspecified atom stereocenters. The van der Waals surface area contributed by atoms with E-state index in [9.17, 15) is 4.79 Å². The van der Waals surface area contributed by atoms with Crippen LogP contribution in [0.3, 0.4) is 0 Å². The van der Waals surface area contributed by atoms with E-state index in [0.717, 1.165) is 31.5 Å². The largest absolute Gasteiger partial charge is 0.474 e. The van der Waals surface area contributed by atoms with E-state index in [-0.39, 0.29) is 11.8 Å². The summed E-state index contributed by atoms with van der Waals surface area (Å²) in [7, 11) is 0. The van der Waals surface area contributed by atoms with E-state index in [1.807, 2.05) is 12.1 Å². The fourth-order valence-corrected chi connectivity index (χ4v) is 2.24. The van der Waals surface area contributed by atoms with E-state index in [1.54, 1.807) is 6.20 Å². The Morgan fingerprint density at radius 3 is 2.94 bits per heavy atom. The predicted molar refractivity (Wildman–Crippen MR) is 67.4 cm³/mol. The van der Waals surface area contributed by atoms with Gasteiger partial charge in [-0.2, -0.15) is 0 Å². The number of nitrogens with zero attached hydrogens (tertiary/aromatic N) is 2. The smallest absolute Gasteiger partial charge is 0.222 e. The topological polar surface area (TPSA) is 68.5 Å². The van der Waals surface area contributed by atoms with Gasteiger partial charge in [0, 0.05) is 31.0 Å². The van der Waals surface area contributed by atoms with Crippen LogP contribution >= 0.6 is 0 Å². The molecule has 2 fully saturated rings. The van der Waals surface area contributed by atoms with Crippen LogP contribution in [0.15, 0.2) is 18.3 Å². The fraction of sp³-hybridized carbons (Fsp3) is 0.538. The van der Waals surface area contributed by atoms with Crippen LogP contribution in [-0.4, -0.2) is 30.1 Å². The van der Waals surface area contributed by atoms with Crippen LogP contribution in [0.4, 0.5) is 5.69 Å². The Morgan fingerprint density at radius 1 is 1.44 bits per heavy atom. The second-order valence-corrected chi connectivity index (χ2v) is 5.00. The Kier molecular flexibility index (Phi) is 2.81. The van der Waals surface area contributed by atoms with Crippen molar-refractivity contribution in [2.24, 2.45) is 11.7 Å². The molecule has 96 valence electrons. The highest BCUT2D eigenvalue weighted by Crippen LogP contribution is 2.29. The number of amides is 1. The summed E-state index contributed by atoms with van der Waals surface area (Å²) in [5, 5.41) is 0. The van der Waals surface area contributed by atoms with Gasteiger partial charge in [0.15, 0.2) is 0 Å². The van der Waals surface area contributed by atoms with Crippen molar-refractivity contribution >= 4 is 11.6 Å². The number of nitrogens with two attached hydrogens (primary N) is 1. The van der Waals surface area contributed by atoms with Gasteiger partial charge in [-0.05, 0) is 25.3 Å². The van der Waals surface area contributed by atoms with Gasteiger partial charge in [0.25, 0.3) is 0 Å². The first-order chi connectivity index (χ1) is 8.72. The number of primary amides is 1. The van der Waals surface area contributed by atoms with Gasteiger partial charge in [0.1, 0.15) is 6.10 Å². The van der Waals surface area contributed by atoms with Crippen LogP contribution in [0.5, 0.6) is 5.88 Å². The summed E-state index contributed by atoms with van der Waals surface area (Å²) in [4.78, 5) is 17.5. The van der Waals surface area contributed by atoms with Crippen molar-refractivity contribution in [2.75, 3.05) is 18.0 Å². The molecule has 5 nitrogen and oxygen atoms in total. The third-order valence-corrected chi connectivity index (χ3v) is 3.49. The first-order valence-electron chi connectivity index (χ1n) is 6.39. The van der Waals surface area contributed by atoms with Gasteiger partial charge in [-0.25, -0.2) is 4.98 Å². The van der Waals surface area contributed by atoms with Crippen molar-refractivity contribution in [3.05, 3.63) is 18.3 Å². The summed E-state index contributed by atoms with van der Waals surface area (Å²) in [6.45, 7) is 1.56. The molecular formula is C13H17N3O2. The number of rotatable bonds is 4. The first-order valence-corrected chi connectivity index (χ1v) is 6.39. The minimum absolute atomic E-state index is 0.0361. The molecule has 1 aromatic heterocycles. The van der Waals surface area contributed by atoms with Gasteiger partial charge in [0.05, 0.1) is 5.92 Å². The maximum absolute atomic E-state index is 11.2. The van der Waals surface area contributed by atoms with Gasteiger partial charge in [-0.15, -0.1) is 0 Å². The highest BCUT2D eigenvalue weighted by atomic mass is 16.5. The zero-order valence-electron chi connectivity index (χ0n) is 10.2. The second-order valence-electron chi connectivity index (χ2n) is 5.00. The van der Waals surface area contributed by atoms with E-state index in [4.69, 9.17) is 10.5 Å². The Bertz CT molecular complexity index is 459. The number of carbonyl (C=O) groups is 1. The van der Waals surface area contributed by atoms with Crippen molar-refractivity contribution < 1.29 is 9.53 Å². The molecule has 2 N–H and O–H groups in total. The number of aromatic nitrogens is 1. The number of pyridine rings is 1. The lowest BCUT2D eigenvalue weighted by Gasteiger charge is -2.18. The normalized spacial score (nSPS) is 23.1. The molecule has 2 heterocycles. The summed E-state index contributed by atoms with van der Waals surface area (Å²) >= 11 is 0. The molecule has 1 aromatic rings. The lowest BCUT2D eigenvalue weighted by molar-refractivity contribution is -0.121. The van der Waals surface area contributed by atoms with Crippen LogP contribution in [-0.2, 0) is 4.79 Å². The molecule has 3 rings (SSSR count). The molecule has 18 heavy (non-hydrogen) atoms.